The minimum absolute atomic E-state index is 0.0291. The van der Waals surface area contributed by atoms with Crippen LogP contribution in [0.15, 0.2) is 0 Å². The van der Waals surface area contributed by atoms with Crippen LogP contribution in [-0.2, 0) is 14.3 Å². The second-order valence-corrected chi connectivity index (χ2v) is 7.07. The van der Waals surface area contributed by atoms with Crippen LogP contribution in [-0.4, -0.2) is 47.7 Å². The van der Waals surface area contributed by atoms with Gasteiger partial charge in [-0.1, -0.05) is 26.7 Å². The zero-order chi connectivity index (χ0) is 15.5. The summed E-state index contributed by atoms with van der Waals surface area (Å²) in [5.41, 5.74) is 0.237. The van der Waals surface area contributed by atoms with E-state index in [9.17, 15) is 9.59 Å². The van der Waals surface area contributed by atoms with Crippen LogP contribution in [0.4, 0.5) is 0 Å². The summed E-state index contributed by atoms with van der Waals surface area (Å²) < 4.78 is 5.43. The summed E-state index contributed by atoms with van der Waals surface area (Å²) in [7, 11) is 0. The SMILES string of the molecule is CC1(C)CCCCC1CC(=O)N1CCOC(CC(=O)O)C1. The van der Waals surface area contributed by atoms with E-state index in [1.165, 1.54) is 19.3 Å². The molecule has 0 spiro atoms. The third-order valence-electron chi connectivity index (χ3n) is 5.04. The minimum Gasteiger partial charge on any atom is -0.481 e. The number of carboxylic acid groups (broad SMARTS) is 1. The van der Waals surface area contributed by atoms with Gasteiger partial charge in [-0.2, -0.15) is 0 Å². The zero-order valence-corrected chi connectivity index (χ0v) is 13.1. The molecule has 2 atom stereocenters. The van der Waals surface area contributed by atoms with E-state index in [0.29, 0.717) is 32.0 Å². The van der Waals surface area contributed by atoms with Gasteiger partial charge in [-0.15, -0.1) is 0 Å². The first-order valence-electron chi connectivity index (χ1n) is 7.99. The summed E-state index contributed by atoms with van der Waals surface area (Å²) in [6.07, 6.45) is 4.99. The Labute approximate surface area is 126 Å². The summed E-state index contributed by atoms with van der Waals surface area (Å²) >= 11 is 0. The summed E-state index contributed by atoms with van der Waals surface area (Å²) in [5, 5.41) is 8.84. The van der Waals surface area contributed by atoms with Gasteiger partial charge in [-0.3, -0.25) is 9.59 Å². The van der Waals surface area contributed by atoms with Crippen LogP contribution in [0.5, 0.6) is 0 Å². The number of rotatable bonds is 4. The summed E-state index contributed by atoms with van der Waals surface area (Å²) in [6.45, 7) is 5.96. The standard InChI is InChI=1S/C16H27NO4/c1-16(2)6-4-3-5-12(16)9-14(18)17-7-8-21-13(11-17)10-15(19)20/h12-13H,3-11H2,1-2H3,(H,19,20). The molecule has 5 heteroatoms. The fourth-order valence-electron chi connectivity index (χ4n) is 3.55. The van der Waals surface area contributed by atoms with Crippen molar-refractivity contribution in [2.75, 3.05) is 19.7 Å². The fraction of sp³-hybridized carbons (Fsp3) is 0.875. The Balaban J connectivity index is 1.88. The van der Waals surface area contributed by atoms with Gasteiger partial charge in [0.1, 0.15) is 0 Å². The van der Waals surface area contributed by atoms with Gasteiger partial charge in [0.2, 0.25) is 5.91 Å². The van der Waals surface area contributed by atoms with Crippen LogP contribution >= 0.6 is 0 Å². The van der Waals surface area contributed by atoms with Gasteiger partial charge < -0.3 is 14.7 Å². The average molecular weight is 297 g/mol. The van der Waals surface area contributed by atoms with Crippen LogP contribution in [0.2, 0.25) is 0 Å². The first-order chi connectivity index (χ1) is 9.88. The van der Waals surface area contributed by atoms with Crippen molar-refractivity contribution in [2.45, 2.75) is 58.5 Å². The maximum Gasteiger partial charge on any atom is 0.306 e. The number of aliphatic carboxylic acids is 1. The minimum atomic E-state index is -0.872. The molecule has 21 heavy (non-hydrogen) atoms. The van der Waals surface area contributed by atoms with Gasteiger partial charge in [0.15, 0.2) is 0 Å². The third kappa shape index (κ3) is 4.43. The number of carbonyl (C=O) groups is 2. The lowest BCUT2D eigenvalue weighted by Gasteiger charge is -2.40. The van der Waals surface area contributed by atoms with Crippen molar-refractivity contribution in [1.29, 1.82) is 0 Å². The summed E-state index contributed by atoms with van der Waals surface area (Å²) in [5.74, 6) is -0.268. The predicted octanol–water partition coefficient (Wildman–Crippen LogP) is 2.29. The molecule has 0 bridgehead atoms. The van der Waals surface area contributed by atoms with Gasteiger partial charge in [-0.25, -0.2) is 0 Å². The molecule has 1 aliphatic heterocycles. The molecular formula is C16H27NO4. The number of nitrogens with zero attached hydrogens (tertiary/aromatic N) is 1. The molecule has 1 saturated carbocycles. The van der Waals surface area contributed by atoms with E-state index < -0.39 is 5.97 Å². The summed E-state index contributed by atoms with van der Waals surface area (Å²) in [6, 6.07) is 0. The molecule has 1 amide bonds. The highest BCUT2D eigenvalue weighted by atomic mass is 16.5. The number of morpholine rings is 1. The van der Waals surface area contributed by atoms with Gasteiger partial charge in [-0.05, 0) is 24.2 Å². The Morgan fingerprint density at radius 1 is 1.29 bits per heavy atom. The molecule has 2 rings (SSSR count). The Morgan fingerprint density at radius 3 is 2.71 bits per heavy atom. The van der Waals surface area contributed by atoms with E-state index in [2.05, 4.69) is 13.8 Å². The topological polar surface area (TPSA) is 66.8 Å². The van der Waals surface area contributed by atoms with Gasteiger partial charge in [0, 0.05) is 19.5 Å². The van der Waals surface area contributed by atoms with E-state index in [1.54, 1.807) is 4.90 Å². The quantitative estimate of drug-likeness (QED) is 0.864. The molecular weight excluding hydrogens is 270 g/mol. The smallest absolute Gasteiger partial charge is 0.306 e. The van der Waals surface area contributed by atoms with Crippen LogP contribution in [0.3, 0.4) is 0 Å². The molecule has 0 radical (unpaired) electrons. The monoisotopic (exact) mass is 297 g/mol. The van der Waals surface area contributed by atoms with Crippen LogP contribution < -0.4 is 0 Å². The Kier molecular flexibility index (Phi) is 5.25. The number of amides is 1. The maximum absolute atomic E-state index is 12.5. The normalized spacial score (nSPS) is 29.1. The first-order valence-corrected chi connectivity index (χ1v) is 7.99. The second kappa shape index (κ2) is 6.77. The predicted molar refractivity (Wildman–Crippen MR) is 78.9 cm³/mol. The molecule has 2 fully saturated rings. The van der Waals surface area contributed by atoms with E-state index in [-0.39, 0.29) is 23.8 Å². The highest BCUT2D eigenvalue weighted by molar-refractivity contribution is 5.77. The average Bonchev–Trinajstić information content (AvgIpc) is 2.40. The largest absolute Gasteiger partial charge is 0.481 e. The number of ether oxygens (including phenoxy) is 1. The molecule has 5 nitrogen and oxygen atoms in total. The molecule has 2 aliphatic rings. The third-order valence-corrected chi connectivity index (χ3v) is 5.04. The molecule has 1 N–H and O–H groups in total. The molecule has 120 valence electrons. The Bertz CT molecular complexity index is 394. The van der Waals surface area contributed by atoms with Crippen LogP contribution in [0.1, 0.15) is 52.4 Å². The molecule has 1 aliphatic carbocycles. The molecule has 0 aromatic heterocycles. The Hall–Kier alpha value is -1.10. The molecule has 0 aromatic carbocycles. The van der Waals surface area contributed by atoms with E-state index in [4.69, 9.17) is 9.84 Å². The second-order valence-electron chi connectivity index (χ2n) is 7.07. The van der Waals surface area contributed by atoms with Crippen molar-refractivity contribution in [2.24, 2.45) is 11.3 Å². The molecule has 1 heterocycles. The lowest BCUT2D eigenvalue weighted by molar-refractivity contribution is -0.148. The van der Waals surface area contributed by atoms with Crippen molar-refractivity contribution < 1.29 is 19.4 Å². The van der Waals surface area contributed by atoms with Crippen molar-refractivity contribution in [1.82, 2.24) is 4.90 Å². The van der Waals surface area contributed by atoms with Gasteiger partial charge >= 0.3 is 5.97 Å². The molecule has 1 saturated heterocycles. The number of hydrogen-bond acceptors (Lipinski definition) is 3. The molecule has 2 unspecified atom stereocenters. The summed E-state index contributed by atoms with van der Waals surface area (Å²) in [4.78, 5) is 25.1. The fourth-order valence-corrected chi connectivity index (χ4v) is 3.55. The van der Waals surface area contributed by atoms with Crippen LogP contribution in [0.25, 0.3) is 0 Å². The van der Waals surface area contributed by atoms with E-state index >= 15 is 0 Å². The van der Waals surface area contributed by atoms with Crippen LogP contribution in [0, 0.1) is 11.3 Å². The van der Waals surface area contributed by atoms with Crippen molar-refractivity contribution >= 4 is 11.9 Å². The van der Waals surface area contributed by atoms with Gasteiger partial charge in [0.05, 0.1) is 19.1 Å². The lowest BCUT2D eigenvalue weighted by atomic mass is 9.67. The molecule has 0 aromatic rings. The zero-order valence-electron chi connectivity index (χ0n) is 13.1. The Morgan fingerprint density at radius 2 is 2.05 bits per heavy atom. The van der Waals surface area contributed by atoms with Crippen molar-refractivity contribution in [3.05, 3.63) is 0 Å². The van der Waals surface area contributed by atoms with Crippen molar-refractivity contribution in [3.63, 3.8) is 0 Å². The number of carbonyl (C=O) groups excluding carboxylic acids is 1. The number of carboxylic acids is 1. The van der Waals surface area contributed by atoms with Crippen molar-refractivity contribution in [3.8, 4) is 0 Å². The highest BCUT2D eigenvalue weighted by Gasteiger charge is 2.35. The van der Waals surface area contributed by atoms with E-state index in [0.717, 1.165) is 6.42 Å². The first kappa shape index (κ1) is 16.3. The maximum atomic E-state index is 12.5. The van der Waals surface area contributed by atoms with Gasteiger partial charge in [0.25, 0.3) is 0 Å². The van der Waals surface area contributed by atoms with E-state index in [1.807, 2.05) is 0 Å². The number of hydrogen-bond donors (Lipinski definition) is 1. The lowest BCUT2D eigenvalue weighted by Crippen LogP contribution is -2.47. The highest BCUT2D eigenvalue weighted by Crippen LogP contribution is 2.42.